The van der Waals surface area contributed by atoms with E-state index >= 15 is 0 Å². The van der Waals surface area contributed by atoms with Gasteiger partial charge in [-0.1, -0.05) is 18.2 Å². The number of dihydropyridines is 1. The highest BCUT2D eigenvalue weighted by atomic mass is 16.6. The van der Waals surface area contributed by atoms with Gasteiger partial charge in [-0.15, -0.1) is 0 Å². The molecule has 1 amide bonds. The summed E-state index contributed by atoms with van der Waals surface area (Å²) < 4.78 is 5.01. The Morgan fingerprint density at radius 1 is 1.32 bits per heavy atom. The minimum absolute atomic E-state index is 0.0535. The van der Waals surface area contributed by atoms with Gasteiger partial charge in [0, 0.05) is 45.4 Å². The molecule has 0 spiro atoms. The second-order valence-corrected chi connectivity index (χ2v) is 5.88. The van der Waals surface area contributed by atoms with Gasteiger partial charge in [0.05, 0.1) is 4.92 Å². The standard InChI is InChI=1S/C18H23N3O4/c1-20(11-3-4-12-25-2)18(22)17-13-15(9-10-19-17)14-5-7-16(8-6-14)21(23)24/h5-10,13,15,19H,3-4,11-12H2,1-2H3. The fourth-order valence-corrected chi connectivity index (χ4v) is 2.59. The predicted octanol–water partition coefficient (Wildman–Crippen LogP) is 2.56. The summed E-state index contributed by atoms with van der Waals surface area (Å²) in [5, 5.41) is 13.7. The average Bonchev–Trinajstić information content (AvgIpc) is 2.64. The fraction of sp³-hybridized carbons (Fsp3) is 0.389. The number of unbranched alkanes of at least 4 members (excludes halogenated alkanes) is 1. The zero-order chi connectivity index (χ0) is 18.2. The number of nitro benzene ring substituents is 1. The van der Waals surface area contributed by atoms with Crippen LogP contribution < -0.4 is 5.32 Å². The number of nitrogens with one attached hydrogen (secondary N) is 1. The van der Waals surface area contributed by atoms with Crippen molar-refractivity contribution in [3.8, 4) is 0 Å². The number of hydrogen-bond acceptors (Lipinski definition) is 5. The number of allylic oxidation sites excluding steroid dienone is 2. The van der Waals surface area contributed by atoms with E-state index in [2.05, 4.69) is 5.32 Å². The normalized spacial score (nSPS) is 16.1. The lowest BCUT2D eigenvalue weighted by Crippen LogP contribution is -2.34. The highest BCUT2D eigenvalue weighted by Gasteiger charge is 2.19. The molecule has 1 aliphatic heterocycles. The Balaban J connectivity index is 2.02. The number of likely N-dealkylation sites (N-methyl/N-ethyl adjacent to an activating group) is 1. The maximum absolute atomic E-state index is 12.5. The molecule has 0 radical (unpaired) electrons. The fourth-order valence-electron chi connectivity index (χ4n) is 2.59. The maximum atomic E-state index is 12.5. The summed E-state index contributed by atoms with van der Waals surface area (Å²) in [6.45, 7) is 1.35. The first-order chi connectivity index (χ1) is 12.0. The Hall–Kier alpha value is -2.67. The van der Waals surface area contributed by atoms with Crippen molar-refractivity contribution in [3.63, 3.8) is 0 Å². The van der Waals surface area contributed by atoms with Gasteiger partial charge in [-0.25, -0.2) is 0 Å². The number of nitro groups is 1. The first kappa shape index (κ1) is 18.7. The molecule has 0 saturated carbocycles. The lowest BCUT2D eigenvalue weighted by molar-refractivity contribution is -0.384. The van der Waals surface area contributed by atoms with Crippen molar-refractivity contribution in [2.75, 3.05) is 27.3 Å². The smallest absolute Gasteiger partial charge is 0.269 e. The third-order valence-corrected chi connectivity index (χ3v) is 4.05. The number of ether oxygens (including phenoxy) is 1. The lowest BCUT2D eigenvalue weighted by atomic mass is 9.96. The Morgan fingerprint density at radius 2 is 2.04 bits per heavy atom. The maximum Gasteiger partial charge on any atom is 0.269 e. The number of carbonyl (C=O) groups is 1. The van der Waals surface area contributed by atoms with Gasteiger partial charge in [-0.2, -0.15) is 0 Å². The third-order valence-electron chi connectivity index (χ3n) is 4.05. The zero-order valence-corrected chi connectivity index (χ0v) is 14.5. The van der Waals surface area contributed by atoms with Crippen molar-refractivity contribution < 1.29 is 14.5 Å². The van der Waals surface area contributed by atoms with E-state index in [4.69, 9.17) is 4.74 Å². The number of amides is 1. The summed E-state index contributed by atoms with van der Waals surface area (Å²) >= 11 is 0. The summed E-state index contributed by atoms with van der Waals surface area (Å²) in [5.74, 6) is -0.170. The number of benzene rings is 1. The van der Waals surface area contributed by atoms with E-state index in [0.717, 1.165) is 18.4 Å². The first-order valence-electron chi connectivity index (χ1n) is 8.16. The van der Waals surface area contributed by atoms with E-state index < -0.39 is 4.92 Å². The first-order valence-corrected chi connectivity index (χ1v) is 8.16. The second kappa shape index (κ2) is 8.98. The summed E-state index contributed by atoms with van der Waals surface area (Å²) in [7, 11) is 3.44. The highest BCUT2D eigenvalue weighted by Crippen LogP contribution is 2.25. The number of non-ortho nitro benzene ring substituents is 1. The van der Waals surface area contributed by atoms with Gasteiger partial charge in [0.2, 0.25) is 0 Å². The van der Waals surface area contributed by atoms with Crippen LogP contribution in [0.5, 0.6) is 0 Å². The quantitative estimate of drug-likeness (QED) is 0.445. The average molecular weight is 345 g/mol. The molecular formula is C18H23N3O4. The highest BCUT2D eigenvalue weighted by molar-refractivity contribution is 5.93. The van der Waals surface area contributed by atoms with Crippen molar-refractivity contribution in [2.45, 2.75) is 18.8 Å². The van der Waals surface area contributed by atoms with Crippen molar-refractivity contribution in [3.05, 3.63) is 64.0 Å². The molecule has 0 bridgehead atoms. The summed E-state index contributed by atoms with van der Waals surface area (Å²) in [6.07, 6.45) is 7.28. The Kier molecular flexibility index (Phi) is 6.71. The van der Waals surface area contributed by atoms with Gasteiger partial charge in [-0.05, 0) is 30.7 Å². The van der Waals surface area contributed by atoms with E-state index in [-0.39, 0.29) is 17.5 Å². The van der Waals surface area contributed by atoms with Crippen molar-refractivity contribution in [1.29, 1.82) is 0 Å². The summed E-state index contributed by atoms with van der Waals surface area (Å²) in [5.41, 5.74) is 1.47. The largest absolute Gasteiger partial charge is 0.385 e. The molecule has 1 aromatic carbocycles. The van der Waals surface area contributed by atoms with Crippen LogP contribution in [0.1, 0.15) is 24.3 Å². The van der Waals surface area contributed by atoms with Gasteiger partial charge in [0.25, 0.3) is 11.6 Å². The molecule has 134 valence electrons. The molecule has 0 aliphatic carbocycles. The van der Waals surface area contributed by atoms with Crippen LogP contribution in [0, 0.1) is 10.1 Å². The molecular weight excluding hydrogens is 322 g/mol. The minimum atomic E-state index is -0.425. The van der Waals surface area contributed by atoms with Crippen LogP contribution in [-0.2, 0) is 9.53 Å². The SMILES string of the molecule is COCCCCN(C)C(=O)C1=CC(c2ccc([N+](=O)[O-])cc2)C=CN1. The third kappa shape index (κ3) is 5.15. The van der Waals surface area contributed by atoms with Gasteiger partial charge in [0.1, 0.15) is 5.70 Å². The van der Waals surface area contributed by atoms with E-state index in [0.29, 0.717) is 18.8 Å². The molecule has 7 nitrogen and oxygen atoms in total. The number of nitrogens with zero attached hydrogens (tertiary/aromatic N) is 2. The summed E-state index contributed by atoms with van der Waals surface area (Å²) in [4.78, 5) is 24.5. The number of methoxy groups -OCH3 is 1. The van der Waals surface area contributed by atoms with Crippen LogP contribution in [0.4, 0.5) is 5.69 Å². The lowest BCUT2D eigenvalue weighted by Gasteiger charge is -2.22. The molecule has 1 N–H and O–H groups in total. The molecule has 1 atom stereocenters. The number of hydrogen-bond donors (Lipinski definition) is 1. The van der Waals surface area contributed by atoms with Crippen molar-refractivity contribution >= 4 is 11.6 Å². The monoisotopic (exact) mass is 345 g/mol. The molecule has 1 aromatic rings. The van der Waals surface area contributed by atoms with E-state index in [1.807, 2.05) is 12.2 Å². The zero-order valence-electron chi connectivity index (χ0n) is 14.5. The molecule has 2 rings (SSSR count). The molecule has 25 heavy (non-hydrogen) atoms. The Morgan fingerprint density at radius 3 is 2.68 bits per heavy atom. The van der Waals surface area contributed by atoms with E-state index in [1.54, 1.807) is 37.4 Å². The van der Waals surface area contributed by atoms with Crippen LogP contribution in [0.25, 0.3) is 0 Å². The van der Waals surface area contributed by atoms with Crippen LogP contribution >= 0.6 is 0 Å². The minimum Gasteiger partial charge on any atom is -0.385 e. The van der Waals surface area contributed by atoms with Gasteiger partial charge in [0.15, 0.2) is 0 Å². The van der Waals surface area contributed by atoms with E-state index in [1.165, 1.54) is 12.1 Å². The Bertz CT molecular complexity index is 667. The van der Waals surface area contributed by atoms with Gasteiger partial charge >= 0.3 is 0 Å². The molecule has 7 heteroatoms. The van der Waals surface area contributed by atoms with Crippen molar-refractivity contribution in [2.24, 2.45) is 0 Å². The van der Waals surface area contributed by atoms with E-state index in [9.17, 15) is 14.9 Å². The van der Waals surface area contributed by atoms with Crippen LogP contribution in [0.15, 0.2) is 48.3 Å². The van der Waals surface area contributed by atoms with Crippen LogP contribution in [0.2, 0.25) is 0 Å². The van der Waals surface area contributed by atoms with Crippen LogP contribution in [-0.4, -0.2) is 43.0 Å². The molecule has 1 aliphatic rings. The van der Waals surface area contributed by atoms with Crippen LogP contribution in [0.3, 0.4) is 0 Å². The second-order valence-electron chi connectivity index (χ2n) is 5.88. The van der Waals surface area contributed by atoms with Gasteiger partial charge < -0.3 is 15.0 Å². The number of rotatable bonds is 8. The molecule has 1 unspecified atom stereocenters. The van der Waals surface area contributed by atoms with Crippen molar-refractivity contribution in [1.82, 2.24) is 10.2 Å². The number of carbonyl (C=O) groups excluding carboxylic acids is 1. The molecule has 0 fully saturated rings. The topological polar surface area (TPSA) is 84.7 Å². The Labute approximate surface area is 147 Å². The van der Waals surface area contributed by atoms with Gasteiger partial charge in [-0.3, -0.25) is 14.9 Å². The summed E-state index contributed by atoms with van der Waals surface area (Å²) in [6, 6.07) is 6.38. The predicted molar refractivity (Wildman–Crippen MR) is 94.9 cm³/mol. The molecule has 0 saturated heterocycles. The molecule has 1 heterocycles. The molecule has 0 aromatic heterocycles.